The van der Waals surface area contributed by atoms with Gasteiger partial charge in [0.15, 0.2) is 5.83 Å². The van der Waals surface area contributed by atoms with Crippen LogP contribution in [0.4, 0.5) is 13.2 Å². The first kappa shape index (κ1) is 45.4. The number of halogens is 3. The normalized spacial score (nSPS) is 11.7. The van der Waals surface area contributed by atoms with E-state index in [0.29, 0.717) is 34.1 Å². The van der Waals surface area contributed by atoms with Gasteiger partial charge < -0.3 is 18.7 Å². The van der Waals surface area contributed by atoms with Crippen LogP contribution in [-0.2, 0) is 26.5 Å². The molecule has 12 rings (SSSR count). The summed E-state index contributed by atoms with van der Waals surface area (Å²) >= 11 is 0. The minimum Gasteiger partial charge on any atom is -0.500 e. The van der Waals surface area contributed by atoms with Crippen LogP contribution in [0.25, 0.3) is 111 Å². The Morgan fingerprint density at radius 2 is 1.27 bits per heavy atom. The van der Waals surface area contributed by atoms with Crippen molar-refractivity contribution < 1.29 is 43.4 Å². The minimum atomic E-state index is -2.34. The zero-order valence-electron chi connectivity index (χ0n) is 38.5. The zero-order valence-corrected chi connectivity index (χ0v) is 40.8. The Morgan fingerprint density at radius 3 is 2.06 bits per heavy atom. The number of ether oxygens (including phenoxy) is 1. The first-order valence-corrected chi connectivity index (χ1v) is 23.0. The Morgan fingerprint density at radius 1 is 0.577 bits per heavy atom. The SMILES string of the molecule is CC(C)(C)c1cc(-c2ccccc2)ccc1-n1c(-c2[c-]c(Oc3[c-]c(-c4ccccn4)ccc3)cc3c2oc2c3ccc3c4ccc(-c5ccc(C(F)=C(F)F)cc5)cc4ccc32)nc2ccccc21.[Pt+2]. The van der Waals surface area contributed by atoms with Crippen molar-refractivity contribution in [1.29, 1.82) is 0 Å². The first-order chi connectivity index (χ1) is 34.1. The molecule has 0 saturated heterocycles. The summed E-state index contributed by atoms with van der Waals surface area (Å²) in [5, 5.41) is 5.59. The Labute approximate surface area is 421 Å². The minimum absolute atomic E-state index is 0. The quantitative estimate of drug-likeness (QED) is 0.112. The third-order valence-electron chi connectivity index (χ3n) is 13.0. The number of pyridine rings is 1. The number of aromatic nitrogens is 3. The molecule has 9 aromatic carbocycles. The van der Waals surface area contributed by atoms with Crippen LogP contribution in [0.1, 0.15) is 31.9 Å². The molecule has 0 aliphatic rings. The van der Waals surface area contributed by atoms with E-state index >= 15 is 0 Å². The number of rotatable bonds is 8. The van der Waals surface area contributed by atoms with Gasteiger partial charge in [0, 0.05) is 39.7 Å². The second-order valence-electron chi connectivity index (χ2n) is 18.4. The second kappa shape index (κ2) is 18.0. The molecule has 0 radical (unpaired) electrons. The van der Waals surface area contributed by atoms with E-state index in [1.807, 2.05) is 78.9 Å². The fraction of sp³-hybridized carbons (Fsp3) is 0.0645. The average Bonchev–Trinajstić information content (AvgIpc) is 3.97. The second-order valence-corrected chi connectivity index (χ2v) is 18.4. The van der Waals surface area contributed by atoms with Crippen molar-refractivity contribution >= 4 is 60.3 Å². The molecule has 9 heteroatoms. The van der Waals surface area contributed by atoms with Crippen LogP contribution in [-0.4, -0.2) is 14.5 Å². The van der Waals surface area contributed by atoms with Crippen LogP contribution in [0.3, 0.4) is 0 Å². The van der Waals surface area contributed by atoms with Crippen molar-refractivity contribution in [3.8, 4) is 62.1 Å². The number of para-hydroxylation sites is 2. The Bertz CT molecular complexity index is 4040. The summed E-state index contributed by atoms with van der Waals surface area (Å²) in [5.41, 5.74) is 10.9. The molecule has 0 fully saturated rings. The molecule has 346 valence electrons. The summed E-state index contributed by atoms with van der Waals surface area (Å²) in [6.45, 7) is 6.71. The number of imidazole rings is 1. The molecule has 0 unspecified atom stereocenters. The van der Waals surface area contributed by atoms with E-state index in [-0.39, 0.29) is 32.0 Å². The van der Waals surface area contributed by atoms with Crippen LogP contribution in [0, 0.1) is 12.1 Å². The summed E-state index contributed by atoms with van der Waals surface area (Å²) in [4.78, 5) is 9.94. The van der Waals surface area contributed by atoms with Crippen molar-refractivity contribution in [2.75, 3.05) is 0 Å². The van der Waals surface area contributed by atoms with E-state index in [4.69, 9.17) is 14.1 Å². The van der Waals surface area contributed by atoms with Crippen LogP contribution >= 0.6 is 0 Å². The molecular weight excluding hydrogens is 1070 g/mol. The monoisotopic (exact) mass is 1110 g/mol. The van der Waals surface area contributed by atoms with E-state index in [2.05, 4.69) is 121 Å². The van der Waals surface area contributed by atoms with Crippen LogP contribution in [0.5, 0.6) is 11.5 Å². The van der Waals surface area contributed by atoms with E-state index in [0.717, 1.165) is 88.1 Å². The molecule has 3 aromatic heterocycles. The Hall–Kier alpha value is -8.06. The largest absolute Gasteiger partial charge is 2.00 e. The van der Waals surface area contributed by atoms with Gasteiger partial charge in [0.1, 0.15) is 5.58 Å². The Balaban J connectivity index is 0.00000547. The maximum Gasteiger partial charge on any atom is 2.00 e. The number of hydrogen-bond donors (Lipinski definition) is 0. The van der Waals surface area contributed by atoms with Crippen LogP contribution in [0.15, 0.2) is 199 Å². The topological polar surface area (TPSA) is 53.1 Å². The molecule has 0 N–H and O–H groups in total. The number of hydrogen-bond acceptors (Lipinski definition) is 4. The number of fused-ring (bicyclic) bond motifs is 8. The van der Waals surface area contributed by atoms with Gasteiger partial charge in [-0.25, -0.2) is 4.39 Å². The summed E-state index contributed by atoms with van der Waals surface area (Å²) in [7, 11) is 0. The standard InChI is InChI=1S/C62H40F3N3O2.Pt/c1-62(2,3)52-34-41(37-12-5-4-6-13-37)25-30-55(52)68-56-18-8-7-17-54(56)67-61(68)51-36-45(69-44-15-11-14-43(33-44)53-16-9-10-31-66-53)35-50-49-29-28-47-46-26-23-40(38-19-21-39(22-20-38)57(63)60(64)65)32-42(46)24-27-48(47)58(49)70-59(50)51;/h4-32,34-35H,1-3H3;/q-2;+2. The fourth-order valence-electron chi connectivity index (χ4n) is 9.58. The molecule has 0 aliphatic carbocycles. The molecule has 0 spiro atoms. The molecule has 71 heavy (non-hydrogen) atoms. The summed E-state index contributed by atoms with van der Waals surface area (Å²) in [5.74, 6) is 0.0851. The summed E-state index contributed by atoms with van der Waals surface area (Å²) in [6, 6.07) is 66.3. The van der Waals surface area contributed by atoms with Crippen LogP contribution in [0.2, 0.25) is 0 Å². The number of benzene rings is 9. The molecular formula is C62H40F3N3O2Pt. The van der Waals surface area contributed by atoms with Gasteiger partial charge in [-0.3, -0.25) is 4.98 Å². The third-order valence-corrected chi connectivity index (χ3v) is 13.0. The molecule has 0 aliphatic heterocycles. The van der Waals surface area contributed by atoms with Gasteiger partial charge in [-0.15, -0.1) is 23.8 Å². The van der Waals surface area contributed by atoms with Crippen LogP contribution < -0.4 is 4.74 Å². The van der Waals surface area contributed by atoms with Gasteiger partial charge in [0.05, 0.1) is 22.4 Å². The predicted molar refractivity (Wildman–Crippen MR) is 276 cm³/mol. The van der Waals surface area contributed by atoms with Crippen molar-refractivity contribution in [1.82, 2.24) is 14.5 Å². The van der Waals surface area contributed by atoms with Gasteiger partial charge in [-0.1, -0.05) is 171 Å². The van der Waals surface area contributed by atoms with Crippen molar-refractivity contribution in [2.24, 2.45) is 0 Å². The number of furan rings is 1. The maximum absolute atomic E-state index is 14.0. The molecule has 0 bridgehead atoms. The van der Waals surface area contributed by atoms with E-state index < -0.39 is 11.9 Å². The predicted octanol–water partition coefficient (Wildman–Crippen LogP) is 17.5. The maximum atomic E-state index is 14.0. The molecule has 12 aromatic rings. The summed E-state index contributed by atoms with van der Waals surface area (Å²) in [6.07, 6.45) is -0.580. The molecule has 5 nitrogen and oxygen atoms in total. The van der Waals surface area contributed by atoms with E-state index in [9.17, 15) is 13.2 Å². The van der Waals surface area contributed by atoms with Gasteiger partial charge in [0.2, 0.25) is 0 Å². The average molecular weight is 1110 g/mol. The van der Waals surface area contributed by atoms with Gasteiger partial charge in [-0.2, -0.15) is 8.78 Å². The Kier molecular flexibility index (Phi) is 11.5. The summed E-state index contributed by atoms with van der Waals surface area (Å²) < 4.78 is 56.0. The van der Waals surface area contributed by atoms with E-state index in [1.165, 1.54) is 12.1 Å². The van der Waals surface area contributed by atoms with E-state index in [1.54, 1.807) is 18.3 Å². The molecule has 0 saturated carbocycles. The fourth-order valence-corrected chi connectivity index (χ4v) is 9.58. The van der Waals surface area contributed by atoms with Gasteiger partial charge in [0.25, 0.3) is 0 Å². The first-order valence-electron chi connectivity index (χ1n) is 23.0. The molecule has 0 amide bonds. The molecule has 3 heterocycles. The van der Waals surface area contributed by atoms with Gasteiger partial charge in [-0.05, 0) is 91.5 Å². The van der Waals surface area contributed by atoms with Crippen molar-refractivity contribution in [2.45, 2.75) is 26.2 Å². The van der Waals surface area contributed by atoms with Gasteiger partial charge >= 0.3 is 27.1 Å². The smallest absolute Gasteiger partial charge is 0.500 e. The number of nitrogens with zero attached hydrogens (tertiary/aromatic N) is 3. The third kappa shape index (κ3) is 8.18. The van der Waals surface area contributed by atoms with Crippen molar-refractivity contribution in [3.05, 3.63) is 218 Å². The zero-order chi connectivity index (χ0) is 47.7. The van der Waals surface area contributed by atoms with Crippen molar-refractivity contribution in [3.63, 3.8) is 0 Å². The molecule has 0 atom stereocenters.